The van der Waals surface area contributed by atoms with E-state index in [9.17, 15) is 5.11 Å². The van der Waals surface area contributed by atoms with Crippen LogP contribution in [-0.2, 0) is 19.4 Å². The number of hydrogen-bond donors (Lipinski definition) is 2. The van der Waals surface area contributed by atoms with Crippen LogP contribution in [0.25, 0.3) is 0 Å². The Morgan fingerprint density at radius 2 is 1.95 bits per heavy atom. The summed E-state index contributed by atoms with van der Waals surface area (Å²) in [5.41, 5.74) is 4.02. The number of benzene rings is 1. The first-order valence-corrected chi connectivity index (χ1v) is 8.99. The second-order valence-electron chi connectivity index (χ2n) is 6.88. The lowest BCUT2D eigenvalue weighted by molar-refractivity contribution is 0.0988. The SMILES string of the molecule is CCCN(C1CCNCC1)C1CCc2ccc(CO)cc2C1. The summed E-state index contributed by atoms with van der Waals surface area (Å²) in [5.74, 6) is 0. The highest BCUT2D eigenvalue weighted by Gasteiger charge is 2.29. The largest absolute Gasteiger partial charge is 0.392 e. The van der Waals surface area contributed by atoms with E-state index in [1.54, 1.807) is 0 Å². The van der Waals surface area contributed by atoms with Crippen LogP contribution in [0.15, 0.2) is 18.2 Å². The van der Waals surface area contributed by atoms with E-state index in [4.69, 9.17) is 0 Å². The molecular formula is C19H30N2O. The smallest absolute Gasteiger partial charge is 0.0681 e. The number of fused-ring (bicyclic) bond motifs is 1. The summed E-state index contributed by atoms with van der Waals surface area (Å²) >= 11 is 0. The van der Waals surface area contributed by atoms with Gasteiger partial charge in [0.05, 0.1) is 6.61 Å². The van der Waals surface area contributed by atoms with Gasteiger partial charge in [0, 0.05) is 12.1 Å². The molecule has 122 valence electrons. The van der Waals surface area contributed by atoms with E-state index in [2.05, 4.69) is 35.3 Å². The molecule has 2 aliphatic rings. The molecule has 3 nitrogen and oxygen atoms in total. The summed E-state index contributed by atoms with van der Waals surface area (Å²) in [6.45, 7) is 6.02. The van der Waals surface area contributed by atoms with Crippen molar-refractivity contribution in [2.45, 2.75) is 64.1 Å². The molecule has 1 atom stereocenters. The number of rotatable bonds is 5. The Bertz CT molecular complexity index is 482. The second-order valence-corrected chi connectivity index (χ2v) is 6.88. The van der Waals surface area contributed by atoms with Crippen LogP contribution in [0.3, 0.4) is 0 Å². The monoisotopic (exact) mass is 302 g/mol. The molecule has 3 rings (SSSR count). The Labute approximate surface area is 134 Å². The van der Waals surface area contributed by atoms with Gasteiger partial charge in [-0.15, -0.1) is 0 Å². The molecule has 1 aromatic carbocycles. The fraction of sp³-hybridized carbons (Fsp3) is 0.684. The van der Waals surface area contributed by atoms with Crippen molar-refractivity contribution in [1.29, 1.82) is 0 Å². The fourth-order valence-corrected chi connectivity index (χ4v) is 4.23. The number of aliphatic hydroxyl groups excluding tert-OH is 1. The van der Waals surface area contributed by atoms with Gasteiger partial charge in [-0.05, 0) is 74.8 Å². The van der Waals surface area contributed by atoms with E-state index in [-0.39, 0.29) is 6.61 Å². The Morgan fingerprint density at radius 3 is 2.68 bits per heavy atom. The minimum absolute atomic E-state index is 0.158. The number of nitrogens with one attached hydrogen (secondary N) is 1. The van der Waals surface area contributed by atoms with Gasteiger partial charge in [-0.2, -0.15) is 0 Å². The average molecular weight is 302 g/mol. The molecule has 1 aliphatic carbocycles. The molecule has 0 aromatic heterocycles. The number of hydrogen-bond acceptors (Lipinski definition) is 3. The zero-order valence-electron chi connectivity index (χ0n) is 13.9. The van der Waals surface area contributed by atoms with Gasteiger partial charge in [0.15, 0.2) is 0 Å². The van der Waals surface area contributed by atoms with Crippen LogP contribution in [-0.4, -0.2) is 41.7 Å². The topological polar surface area (TPSA) is 35.5 Å². The van der Waals surface area contributed by atoms with Gasteiger partial charge in [-0.1, -0.05) is 25.1 Å². The van der Waals surface area contributed by atoms with Gasteiger partial charge in [0.2, 0.25) is 0 Å². The van der Waals surface area contributed by atoms with Crippen LogP contribution in [0.5, 0.6) is 0 Å². The van der Waals surface area contributed by atoms with Crippen LogP contribution in [0.2, 0.25) is 0 Å². The number of aliphatic hydroxyl groups is 1. The highest BCUT2D eigenvalue weighted by molar-refractivity contribution is 5.34. The van der Waals surface area contributed by atoms with E-state index < -0.39 is 0 Å². The summed E-state index contributed by atoms with van der Waals surface area (Å²) in [5, 5.41) is 12.9. The molecule has 0 saturated carbocycles. The molecule has 1 aromatic rings. The molecule has 0 spiro atoms. The summed E-state index contributed by atoms with van der Waals surface area (Å²) in [4.78, 5) is 2.80. The number of piperidine rings is 1. The first-order chi connectivity index (χ1) is 10.8. The highest BCUT2D eigenvalue weighted by Crippen LogP contribution is 2.28. The quantitative estimate of drug-likeness (QED) is 0.877. The molecule has 0 bridgehead atoms. The van der Waals surface area contributed by atoms with Crippen LogP contribution < -0.4 is 5.32 Å². The third kappa shape index (κ3) is 3.53. The molecular weight excluding hydrogens is 272 g/mol. The van der Waals surface area contributed by atoms with Gasteiger partial charge in [0.25, 0.3) is 0 Å². The first kappa shape index (κ1) is 16.0. The molecule has 3 heteroatoms. The van der Waals surface area contributed by atoms with Crippen molar-refractivity contribution >= 4 is 0 Å². The number of nitrogens with zero attached hydrogens (tertiary/aromatic N) is 1. The van der Waals surface area contributed by atoms with E-state index in [0.717, 1.165) is 18.0 Å². The summed E-state index contributed by atoms with van der Waals surface area (Å²) in [6.07, 6.45) is 7.46. The molecule has 0 radical (unpaired) electrons. The Kier molecular flexibility index (Phi) is 5.51. The van der Waals surface area contributed by atoms with E-state index >= 15 is 0 Å². The number of aryl methyl sites for hydroxylation is 1. The molecule has 1 fully saturated rings. The lowest BCUT2D eigenvalue weighted by atomic mass is 9.85. The van der Waals surface area contributed by atoms with Gasteiger partial charge < -0.3 is 10.4 Å². The first-order valence-electron chi connectivity index (χ1n) is 8.99. The summed E-state index contributed by atoms with van der Waals surface area (Å²) < 4.78 is 0. The Morgan fingerprint density at radius 1 is 1.14 bits per heavy atom. The molecule has 1 aliphatic heterocycles. The minimum Gasteiger partial charge on any atom is -0.392 e. The maximum Gasteiger partial charge on any atom is 0.0681 e. The van der Waals surface area contributed by atoms with Crippen LogP contribution in [0.4, 0.5) is 0 Å². The predicted molar refractivity (Wildman–Crippen MR) is 91.1 cm³/mol. The second kappa shape index (κ2) is 7.58. The standard InChI is InChI=1S/C19H30N2O/c1-2-11-21(18-7-9-20-10-8-18)19-6-5-16-4-3-15(14-22)12-17(16)13-19/h3-4,12,18-20,22H,2,5-11,13-14H2,1H3. The van der Waals surface area contributed by atoms with E-state index in [1.807, 2.05) is 0 Å². The highest BCUT2D eigenvalue weighted by atomic mass is 16.3. The molecule has 1 unspecified atom stereocenters. The minimum atomic E-state index is 0.158. The zero-order chi connectivity index (χ0) is 15.4. The maximum atomic E-state index is 9.38. The molecule has 1 saturated heterocycles. The van der Waals surface area contributed by atoms with Crippen LogP contribution in [0.1, 0.15) is 49.3 Å². The Hall–Kier alpha value is -0.900. The van der Waals surface area contributed by atoms with Crippen LogP contribution in [0, 0.1) is 0 Å². The fourth-order valence-electron chi connectivity index (χ4n) is 4.23. The van der Waals surface area contributed by atoms with E-state index in [1.165, 1.54) is 62.9 Å². The van der Waals surface area contributed by atoms with Crippen molar-refractivity contribution in [2.75, 3.05) is 19.6 Å². The van der Waals surface area contributed by atoms with Crippen molar-refractivity contribution in [3.8, 4) is 0 Å². The van der Waals surface area contributed by atoms with Crippen molar-refractivity contribution in [1.82, 2.24) is 10.2 Å². The van der Waals surface area contributed by atoms with Crippen molar-refractivity contribution in [3.63, 3.8) is 0 Å². The lowest BCUT2D eigenvalue weighted by Gasteiger charge is -2.42. The summed E-state index contributed by atoms with van der Waals surface area (Å²) in [7, 11) is 0. The normalized spacial score (nSPS) is 22.8. The third-order valence-electron chi connectivity index (χ3n) is 5.38. The van der Waals surface area contributed by atoms with Gasteiger partial charge >= 0.3 is 0 Å². The average Bonchev–Trinajstić information content (AvgIpc) is 2.59. The van der Waals surface area contributed by atoms with Crippen molar-refractivity contribution in [2.24, 2.45) is 0 Å². The molecule has 2 N–H and O–H groups in total. The van der Waals surface area contributed by atoms with Crippen molar-refractivity contribution in [3.05, 3.63) is 34.9 Å². The molecule has 1 heterocycles. The van der Waals surface area contributed by atoms with Crippen molar-refractivity contribution < 1.29 is 5.11 Å². The van der Waals surface area contributed by atoms with Gasteiger partial charge in [-0.3, -0.25) is 4.90 Å². The Balaban J connectivity index is 1.74. The predicted octanol–water partition coefficient (Wildman–Crippen LogP) is 2.50. The maximum absolute atomic E-state index is 9.38. The van der Waals surface area contributed by atoms with Gasteiger partial charge in [0.1, 0.15) is 0 Å². The third-order valence-corrected chi connectivity index (χ3v) is 5.38. The summed E-state index contributed by atoms with van der Waals surface area (Å²) in [6, 6.07) is 7.98. The lowest BCUT2D eigenvalue weighted by Crippen LogP contribution is -2.50. The van der Waals surface area contributed by atoms with Gasteiger partial charge in [-0.25, -0.2) is 0 Å². The molecule has 22 heavy (non-hydrogen) atoms. The zero-order valence-corrected chi connectivity index (χ0v) is 13.9. The van der Waals surface area contributed by atoms with E-state index in [0.29, 0.717) is 6.04 Å². The molecule has 0 amide bonds. The van der Waals surface area contributed by atoms with Crippen LogP contribution >= 0.6 is 0 Å².